The number of aliphatic hydroxyl groups is 1. The number of nitrogens with zero attached hydrogens (tertiary/aromatic N) is 1. The van der Waals surface area contributed by atoms with Crippen molar-refractivity contribution in [3.8, 4) is 11.5 Å². The predicted octanol–water partition coefficient (Wildman–Crippen LogP) is 0.335. The first kappa shape index (κ1) is 17.8. The predicted molar refractivity (Wildman–Crippen MR) is 104 cm³/mol. The number of rotatable bonds is 1. The molecule has 31 heavy (non-hydrogen) atoms. The number of fused-ring (bicyclic) bond motifs is 3. The van der Waals surface area contributed by atoms with Crippen molar-refractivity contribution in [3.63, 3.8) is 0 Å². The van der Waals surface area contributed by atoms with Gasteiger partial charge in [0.15, 0.2) is 11.5 Å². The lowest BCUT2D eigenvalue weighted by Crippen LogP contribution is -2.78. The second kappa shape index (κ2) is 5.15. The first-order chi connectivity index (χ1) is 14.9. The van der Waals surface area contributed by atoms with E-state index in [4.69, 9.17) is 14.2 Å². The molecule has 2 aliphatic carbocycles. The molecule has 6 aliphatic rings. The highest BCUT2D eigenvalue weighted by molar-refractivity contribution is 6.01. The molecule has 2 saturated carbocycles. The second-order valence-electron chi connectivity index (χ2n) is 9.71. The molecule has 3 unspecified atom stereocenters. The summed E-state index contributed by atoms with van der Waals surface area (Å²) in [6, 6.07) is 3.21. The van der Waals surface area contributed by atoms with Crippen molar-refractivity contribution in [2.75, 3.05) is 25.8 Å². The Morgan fingerprint density at radius 2 is 2.13 bits per heavy atom. The lowest BCUT2D eigenvalue weighted by atomic mass is 9.41. The van der Waals surface area contributed by atoms with Crippen molar-refractivity contribution in [1.29, 1.82) is 0 Å². The molecular formula is C22H22N2O7. The summed E-state index contributed by atoms with van der Waals surface area (Å²) < 4.78 is 16.6. The molecule has 0 radical (unpaired) electrons. The molecule has 2 N–H and O–H groups in total. The molecule has 1 aromatic rings. The van der Waals surface area contributed by atoms with Gasteiger partial charge in [-0.1, -0.05) is 6.07 Å². The van der Waals surface area contributed by atoms with E-state index in [0.29, 0.717) is 30.0 Å². The number of aliphatic hydroxyl groups excluding tert-OH is 1. The number of amides is 1. The van der Waals surface area contributed by atoms with Crippen LogP contribution in [-0.4, -0.2) is 65.8 Å². The number of methoxy groups -OCH3 is 1. The van der Waals surface area contributed by atoms with E-state index in [-0.39, 0.29) is 37.9 Å². The molecule has 4 bridgehead atoms. The van der Waals surface area contributed by atoms with E-state index in [0.717, 1.165) is 5.56 Å². The second-order valence-corrected chi connectivity index (χ2v) is 9.71. The number of piperidine rings is 1. The molecule has 4 fully saturated rings. The number of esters is 1. The molecule has 9 heteroatoms. The lowest BCUT2D eigenvalue weighted by molar-refractivity contribution is -0.185. The van der Waals surface area contributed by atoms with Crippen LogP contribution in [0.25, 0.3) is 0 Å². The fraction of sp³-hybridized carbons (Fsp3) is 0.591. The highest BCUT2D eigenvalue weighted by Crippen LogP contribution is 2.73. The van der Waals surface area contributed by atoms with Gasteiger partial charge in [0.25, 0.3) is 0 Å². The monoisotopic (exact) mass is 426 g/mol. The zero-order valence-electron chi connectivity index (χ0n) is 17.0. The Labute approximate surface area is 177 Å². The van der Waals surface area contributed by atoms with Gasteiger partial charge in [0, 0.05) is 24.3 Å². The minimum atomic E-state index is -1.23. The zero-order chi connectivity index (χ0) is 21.3. The number of hydrogen-bond acceptors (Lipinski definition) is 8. The molecule has 1 aromatic carbocycles. The standard InChI is InChI=1S/C22H22N2O7/c1-29-19(28)21-5-4-20-7-12(25)11-8-24(15(27)6-14(20)26)18(20)22(11,21)10-2-3-13-17(16(10)23-21)31-9-30-13/h2-3,11,14,18,23,26H,4-9H2,1H3/t11?,14?,18-,20?,21+,22-/m0/s1. The zero-order valence-corrected chi connectivity index (χ0v) is 17.0. The van der Waals surface area contributed by atoms with Crippen molar-refractivity contribution < 1.29 is 33.7 Å². The van der Waals surface area contributed by atoms with Gasteiger partial charge in [0.05, 0.1) is 36.8 Å². The Bertz CT molecular complexity index is 1100. The van der Waals surface area contributed by atoms with E-state index in [1.807, 2.05) is 6.07 Å². The molecule has 162 valence electrons. The third-order valence-corrected chi connectivity index (χ3v) is 8.99. The number of ketones is 1. The van der Waals surface area contributed by atoms with Crippen molar-refractivity contribution in [2.24, 2.45) is 11.3 Å². The van der Waals surface area contributed by atoms with Crippen LogP contribution in [0.15, 0.2) is 12.1 Å². The van der Waals surface area contributed by atoms with Gasteiger partial charge in [-0.25, -0.2) is 4.79 Å². The summed E-state index contributed by atoms with van der Waals surface area (Å²) in [5.41, 5.74) is -1.62. The lowest BCUT2D eigenvalue weighted by Gasteiger charge is -2.64. The van der Waals surface area contributed by atoms with Gasteiger partial charge in [0.2, 0.25) is 12.7 Å². The van der Waals surface area contributed by atoms with Crippen molar-refractivity contribution in [3.05, 3.63) is 17.7 Å². The van der Waals surface area contributed by atoms with Crippen LogP contribution >= 0.6 is 0 Å². The minimum Gasteiger partial charge on any atom is -0.467 e. The van der Waals surface area contributed by atoms with Gasteiger partial charge in [-0.05, 0) is 24.5 Å². The van der Waals surface area contributed by atoms with E-state index in [9.17, 15) is 19.5 Å². The van der Waals surface area contributed by atoms with Crippen LogP contribution in [-0.2, 0) is 24.5 Å². The van der Waals surface area contributed by atoms with Gasteiger partial charge >= 0.3 is 5.97 Å². The summed E-state index contributed by atoms with van der Waals surface area (Å²) in [7, 11) is 1.34. The van der Waals surface area contributed by atoms with Gasteiger partial charge in [-0.15, -0.1) is 0 Å². The van der Waals surface area contributed by atoms with Crippen LogP contribution in [0, 0.1) is 11.3 Å². The number of hydrogen-bond donors (Lipinski definition) is 2. The third kappa shape index (κ3) is 1.59. The van der Waals surface area contributed by atoms with Crippen LogP contribution in [0.2, 0.25) is 0 Å². The number of anilines is 1. The normalized spacial score (nSPS) is 42.8. The van der Waals surface area contributed by atoms with Crippen molar-refractivity contribution in [2.45, 2.75) is 48.8 Å². The van der Waals surface area contributed by atoms with E-state index in [1.54, 1.807) is 11.0 Å². The molecule has 4 aliphatic heterocycles. The summed E-state index contributed by atoms with van der Waals surface area (Å²) in [5.74, 6) is -0.107. The van der Waals surface area contributed by atoms with Gasteiger partial charge in [-0.2, -0.15) is 0 Å². The Hall–Kier alpha value is -2.81. The van der Waals surface area contributed by atoms with E-state index >= 15 is 0 Å². The SMILES string of the molecule is COC(=O)[C@]12CCC34CC(=O)C5CN(C(=O)CC3O)[C@@H]4[C@]51c1ccc3c(c1N2)OCO3. The number of Topliss-reactive ketones (excluding diaryl/α,β-unsaturated/α-hetero) is 1. The summed E-state index contributed by atoms with van der Waals surface area (Å²) in [4.78, 5) is 41.9. The topological polar surface area (TPSA) is 114 Å². The smallest absolute Gasteiger partial charge is 0.332 e. The molecule has 9 nitrogen and oxygen atoms in total. The summed E-state index contributed by atoms with van der Waals surface area (Å²) in [6.45, 7) is 0.329. The maximum Gasteiger partial charge on any atom is 0.332 e. The van der Waals surface area contributed by atoms with Crippen molar-refractivity contribution in [1.82, 2.24) is 4.90 Å². The number of carbonyl (C=O) groups excluding carboxylic acids is 3. The fourth-order valence-corrected chi connectivity index (χ4v) is 8.01. The number of benzene rings is 1. The largest absolute Gasteiger partial charge is 0.467 e. The van der Waals surface area contributed by atoms with E-state index in [1.165, 1.54) is 7.11 Å². The highest BCUT2D eigenvalue weighted by Gasteiger charge is 2.84. The quantitative estimate of drug-likeness (QED) is 0.618. The Kier molecular flexibility index (Phi) is 2.96. The minimum absolute atomic E-state index is 0.00667. The van der Waals surface area contributed by atoms with Gasteiger partial charge in [-0.3, -0.25) is 9.59 Å². The van der Waals surface area contributed by atoms with Crippen LogP contribution in [0.3, 0.4) is 0 Å². The maximum absolute atomic E-state index is 13.6. The first-order valence-electron chi connectivity index (χ1n) is 10.7. The van der Waals surface area contributed by atoms with Crippen LogP contribution in [0.1, 0.15) is 31.2 Å². The number of carbonyl (C=O) groups is 3. The molecule has 1 spiro atoms. The summed E-state index contributed by atoms with van der Waals surface area (Å²) in [5, 5.41) is 14.6. The third-order valence-electron chi connectivity index (χ3n) is 8.99. The highest BCUT2D eigenvalue weighted by atomic mass is 16.7. The number of ether oxygens (including phenoxy) is 3. The maximum atomic E-state index is 13.6. The summed E-state index contributed by atoms with van der Waals surface area (Å²) in [6.07, 6.45) is 0.155. The Morgan fingerprint density at radius 1 is 1.29 bits per heavy atom. The Balaban J connectivity index is 1.59. The van der Waals surface area contributed by atoms with Gasteiger partial charge < -0.3 is 29.5 Å². The molecule has 0 aromatic heterocycles. The fourth-order valence-electron chi connectivity index (χ4n) is 8.01. The van der Waals surface area contributed by atoms with Gasteiger partial charge in [0.1, 0.15) is 11.3 Å². The average Bonchev–Trinajstić information content (AvgIpc) is 3.42. The molecule has 6 atom stereocenters. The first-order valence-corrected chi connectivity index (χ1v) is 10.7. The van der Waals surface area contributed by atoms with Crippen LogP contribution in [0.5, 0.6) is 11.5 Å². The molecular weight excluding hydrogens is 404 g/mol. The Morgan fingerprint density at radius 3 is 2.94 bits per heavy atom. The van der Waals surface area contributed by atoms with Crippen molar-refractivity contribution >= 4 is 23.3 Å². The average molecular weight is 426 g/mol. The molecule has 4 heterocycles. The van der Waals surface area contributed by atoms with E-state index < -0.39 is 40.4 Å². The van der Waals surface area contributed by atoms with Crippen LogP contribution < -0.4 is 14.8 Å². The molecule has 7 rings (SSSR count). The van der Waals surface area contributed by atoms with Crippen LogP contribution in [0.4, 0.5) is 5.69 Å². The molecule has 1 amide bonds. The summed E-state index contributed by atoms with van der Waals surface area (Å²) >= 11 is 0. The number of nitrogens with one attached hydrogen (secondary N) is 1. The molecule has 2 saturated heterocycles. The van der Waals surface area contributed by atoms with E-state index in [2.05, 4.69) is 5.32 Å².